The van der Waals surface area contributed by atoms with Gasteiger partial charge in [-0.15, -0.1) is 24.8 Å². The Labute approximate surface area is 403 Å². The van der Waals surface area contributed by atoms with E-state index in [4.69, 9.17) is 11.5 Å². The van der Waals surface area contributed by atoms with Crippen LogP contribution in [0.5, 0.6) is 0 Å². The Kier molecular flexibility index (Phi) is 39.0. The van der Waals surface area contributed by atoms with E-state index in [1.165, 1.54) is 0 Å². The van der Waals surface area contributed by atoms with Crippen molar-refractivity contribution in [3.05, 3.63) is 71.8 Å². The molecule has 0 aliphatic rings. The number of nitrogens with one attached hydrogen (secondary N) is 6. The summed E-state index contributed by atoms with van der Waals surface area (Å²) in [4.78, 5) is 72.7. The second-order valence-electron chi connectivity index (χ2n) is 13.2. The molecule has 0 aromatic heterocycles. The van der Waals surface area contributed by atoms with E-state index < -0.39 is 12.1 Å². The molecular weight excluding hydrogens is 952 g/mol. The van der Waals surface area contributed by atoms with Gasteiger partial charge in [-0.1, -0.05) is 125 Å². The van der Waals surface area contributed by atoms with Crippen LogP contribution in [0.1, 0.15) is 49.7 Å². The first-order valence-corrected chi connectivity index (χ1v) is 27.5. The average molecular weight is 1020 g/mol. The number of halogens is 2. The number of hydrogen-bond donors (Lipinski definition) is 8. The lowest BCUT2D eigenvalue weighted by Gasteiger charge is -2.12. The Morgan fingerprint density at radius 1 is 0.403 bits per heavy atom. The summed E-state index contributed by atoms with van der Waals surface area (Å²) in [6.07, 6.45) is 3.13. The number of nitrogens with two attached hydrogens (primary N) is 2. The zero-order valence-corrected chi connectivity index (χ0v) is 41.5. The lowest BCUT2D eigenvalue weighted by molar-refractivity contribution is -0.124. The van der Waals surface area contributed by atoms with Crippen LogP contribution in [-0.2, 0) is 41.6 Å². The Hall–Kier alpha value is -2.14. The molecule has 0 bridgehead atoms. The summed E-state index contributed by atoms with van der Waals surface area (Å²) in [6.45, 7) is 3.18. The molecule has 6 amide bonds. The number of amides is 6. The van der Waals surface area contributed by atoms with Crippen molar-refractivity contribution in [1.82, 2.24) is 31.9 Å². The first kappa shape index (κ1) is 59.9. The van der Waals surface area contributed by atoms with Crippen LogP contribution in [0.2, 0.25) is 0 Å². The topological polar surface area (TPSA) is 227 Å². The molecule has 0 aliphatic carbocycles. The molecule has 0 unspecified atom stereocenters. The first-order valence-electron chi connectivity index (χ1n) is 20.1. The SMILES string of the molecule is Cl.Cl.N[C@@H](Cc1ccccc1)C(=O)NCCSSCCNC(=O)CCCC(=O)NCCSSCCNC(=O)CCCC(=O)NCCSSCCNC(=O)[C@@H](N)Cc1ccccc1. The van der Waals surface area contributed by atoms with Crippen LogP contribution < -0.4 is 43.4 Å². The molecule has 0 radical (unpaired) electrons. The predicted molar refractivity (Wildman–Crippen MR) is 271 cm³/mol. The number of carbonyl (C=O) groups is 6. The molecule has 14 nitrogen and oxygen atoms in total. The predicted octanol–water partition coefficient (Wildman–Crippen LogP) is 4.15. The molecule has 2 aromatic carbocycles. The highest BCUT2D eigenvalue weighted by Gasteiger charge is 2.14. The number of benzene rings is 2. The largest absolute Gasteiger partial charge is 0.355 e. The van der Waals surface area contributed by atoms with E-state index in [9.17, 15) is 28.8 Å². The molecular formula is C40H64Cl2N8O6S6. The molecule has 0 spiro atoms. The molecule has 0 heterocycles. The fraction of sp³-hybridized carbons (Fsp3) is 0.550. The first-order chi connectivity index (χ1) is 29.1. The Morgan fingerprint density at radius 2 is 0.645 bits per heavy atom. The Morgan fingerprint density at radius 3 is 0.903 bits per heavy atom. The Bertz CT molecular complexity index is 1420. The molecule has 22 heteroatoms. The van der Waals surface area contributed by atoms with Crippen molar-refractivity contribution in [2.75, 3.05) is 73.8 Å². The standard InChI is InChI=1S/C40H62N8O6S6.2ClH/c41-33(29-31-9-3-1-4-10-31)39(53)47-21-27-59-57-25-19-45-37(51)15-7-13-35(49)43-17-23-55-56-24-18-44-36(50)14-8-16-38(52)46-20-26-58-60-28-22-48-40(54)34(42)30-32-11-5-2-6-12-32;;/h1-6,9-12,33-34H,7-8,13-30,41-42H2,(H,43,49)(H,44,50)(H,45,51)(H,46,52)(H,47,53)(H,48,54);2*1H/t33-,34-;;/m0../s1. The zero-order valence-electron chi connectivity index (χ0n) is 34.9. The van der Waals surface area contributed by atoms with Gasteiger partial charge < -0.3 is 43.4 Å². The normalized spacial score (nSPS) is 11.5. The van der Waals surface area contributed by atoms with Gasteiger partial charge in [0, 0.05) is 99.5 Å². The summed E-state index contributed by atoms with van der Waals surface area (Å²) in [5.74, 6) is 3.76. The van der Waals surface area contributed by atoms with E-state index in [-0.39, 0.29) is 60.3 Å². The van der Waals surface area contributed by atoms with Gasteiger partial charge in [0.05, 0.1) is 12.1 Å². The van der Waals surface area contributed by atoms with Gasteiger partial charge in [-0.3, -0.25) is 28.8 Å². The van der Waals surface area contributed by atoms with Gasteiger partial charge in [0.1, 0.15) is 0 Å². The molecule has 2 aromatic rings. The summed E-state index contributed by atoms with van der Waals surface area (Å²) >= 11 is 0. The second-order valence-corrected chi connectivity index (χ2v) is 21.3. The maximum Gasteiger partial charge on any atom is 0.237 e. The van der Waals surface area contributed by atoms with Crippen molar-refractivity contribution in [3.8, 4) is 0 Å². The van der Waals surface area contributed by atoms with Crippen LogP contribution in [0.15, 0.2) is 60.7 Å². The van der Waals surface area contributed by atoms with Crippen LogP contribution in [0, 0.1) is 0 Å². The van der Waals surface area contributed by atoms with Crippen molar-refractivity contribution in [2.24, 2.45) is 11.5 Å². The third-order valence-corrected chi connectivity index (χ3v) is 15.4. The fourth-order valence-electron chi connectivity index (χ4n) is 5.07. The lowest BCUT2D eigenvalue weighted by atomic mass is 10.1. The van der Waals surface area contributed by atoms with Crippen LogP contribution >= 0.6 is 89.6 Å². The van der Waals surface area contributed by atoms with Gasteiger partial charge in [0.25, 0.3) is 0 Å². The van der Waals surface area contributed by atoms with Gasteiger partial charge >= 0.3 is 0 Å². The third-order valence-electron chi connectivity index (χ3n) is 8.14. The molecule has 0 saturated carbocycles. The van der Waals surface area contributed by atoms with Crippen LogP contribution in [0.4, 0.5) is 0 Å². The van der Waals surface area contributed by atoms with E-state index in [1.54, 1.807) is 64.8 Å². The molecule has 62 heavy (non-hydrogen) atoms. The van der Waals surface area contributed by atoms with Crippen molar-refractivity contribution in [3.63, 3.8) is 0 Å². The van der Waals surface area contributed by atoms with Crippen molar-refractivity contribution < 1.29 is 28.8 Å². The third kappa shape index (κ3) is 33.4. The smallest absolute Gasteiger partial charge is 0.237 e. The molecule has 2 rings (SSSR count). The second kappa shape index (κ2) is 40.4. The summed E-state index contributed by atoms with van der Waals surface area (Å²) in [6, 6.07) is 18.2. The fourth-order valence-corrected chi connectivity index (χ4v) is 10.5. The van der Waals surface area contributed by atoms with E-state index in [1.807, 2.05) is 60.7 Å². The number of carbonyl (C=O) groups excluding carboxylic acids is 6. The molecule has 0 aliphatic heterocycles. The lowest BCUT2D eigenvalue weighted by Crippen LogP contribution is -2.42. The highest BCUT2D eigenvalue weighted by atomic mass is 35.5. The van der Waals surface area contributed by atoms with Crippen molar-refractivity contribution in [2.45, 2.75) is 63.5 Å². The molecule has 0 fully saturated rings. The van der Waals surface area contributed by atoms with Gasteiger partial charge in [-0.2, -0.15) is 0 Å². The van der Waals surface area contributed by atoms with E-state index in [2.05, 4.69) is 31.9 Å². The number of hydrogen-bond acceptors (Lipinski definition) is 14. The summed E-state index contributed by atoms with van der Waals surface area (Å²) in [5, 5.41) is 17.2. The van der Waals surface area contributed by atoms with Crippen molar-refractivity contribution >= 4 is 125 Å². The van der Waals surface area contributed by atoms with Gasteiger partial charge in [0.15, 0.2) is 0 Å². The molecule has 10 N–H and O–H groups in total. The van der Waals surface area contributed by atoms with Crippen LogP contribution in [0.3, 0.4) is 0 Å². The maximum atomic E-state index is 12.2. The van der Waals surface area contributed by atoms with Gasteiger partial charge in [-0.05, 0) is 36.8 Å². The monoisotopic (exact) mass is 1010 g/mol. The molecule has 0 saturated heterocycles. The van der Waals surface area contributed by atoms with Crippen LogP contribution in [0.25, 0.3) is 0 Å². The summed E-state index contributed by atoms with van der Waals surface area (Å²) in [5.41, 5.74) is 14.1. The summed E-state index contributed by atoms with van der Waals surface area (Å²) in [7, 11) is 9.73. The zero-order chi connectivity index (χ0) is 43.5. The van der Waals surface area contributed by atoms with E-state index >= 15 is 0 Å². The van der Waals surface area contributed by atoms with Crippen molar-refractivity contribution in [1.29, 1.82) is 0 Å². The maximum absolute atomic E-state index is 12.2. The minimum absolute atomic E-state index is 0. The minimum Gasteiger partial charge on any atom is -0.355 e. The Balaban J connectivity index is 0.0000186. The minimum atomic E-state index is -0.577. The summed E-state index contributed by atoms with van der Waals surface area (Å²) < 4.78 is 0. The quantitative estimate of drug-likeness (QED) is 0.0359. The number of rotatable bonds is 35. The van der Waals surface area contributed by atoms with E-state index in [0.29, 0.717) is 90.6 Å². The highest BCUT2D eigenvalue weighted by molar-refractivity contribution is 8.77. The van der Waals surface area contributed by atoms with Crippen LogP contribution in [-0.4, -0.2) is 121 Å². The van der Waals surface area contributed by atoms with Gasteiger partial charge in [0.2, 0.25) is 35.4 Å². The highest BCUT2D eigenvalue weighted by Crippen LogP contribution is 2.21. The average Bonchev–Trinajstić information content (AvgIpc) is 3.24. The molecule has 2 atom stereocenters. The van der Waals surface area contributed by atoms with Gasteiger partial charge in [-0.25, -0.2) is 0 Å². The van der Waals surface area contributed by atoms with E-state index in [0.717, 1.165) is 45.6 Å². The molecule has 350 valence electrons.